The molecular weight excluding hydrogens is 1010 g/mol. The number of benzene rings is 11. The first-order chi connectivity index (χ1) is 39.6. The molecule has 13 rings (SSSR count). The second-order valence-corrected chi connectivity index (χ2v) is 30.5. The van der Waals surface area contributed by atoms with Gasteiger partial charge in [0.25, 0.3) is 6.71 Å². The fraction of sp³-hybridized carbons (Fsp3) is 0.143. The summed E-state index contributed by atoms with van der Waals surface area (Å²) in [6, 6.07) is 98.1. The lowest BCUT2D eigenvalue weighted by molar-refractivity contribution is 0.590. The van der Waals surface area contributed by atoms with E-state index in [0.717, 1.165) is 28.4 Å². The van der Waals surface area contributed by atoms with Crippen LogP contribution in [0.4, 0.5) is 51.2 Å². The summed E-state index contributed by atoms with van der Waals surface area (Å²) in [6.45, 7) is 21.4. The van der Waals surface area contributed by atoms with Gasteiger partial charge in [-0.05, 0) is 139 Å². The van der Waals surface area contributed by atoms with E-state index in [1.54, 1.807) is 0 Å². The van der Waals surface area contributed by atoms with E-state index in [-0.39, 0.29) is 17.5 Å². The van der Waals surface area contributed by atoms with Gasteiger partial charge in [0, 0.05) is 62.1 Å². The third-order valence-electron chi connectivity index (χ3n) is 16.9. The zero-order valence-electron chi connectivity index (χ0n) is 48.7. The molecule has 0 radical (unpaired) electrons. The summed E-state index contributed by atoms with van der Waals surface area (Å²) in [5.41, 5.74) is 26.0. The molecule has 3 nitrogen and oxygen atoms in total. The predicted molar refractivity (Wildman–Crippen MR) is 357 cm³/mol. The van der Waals surface area contributed by atoms with Gasteiger partial charge in [0.2, 0.25) is 0 Å². The molecule has 0 aliphatic carbocycles. The Bertz CT molecular complexity index is 3980. The van der Waals surface area contributed by atoms with Gasteiger partial charge in [-0.1, -0.05) is 248 Å². The average Bonchev–Trinajstić information content (AvgIpc) is 3.61. The smallest absolute Gasteiger partial charge is 0.252 e. The highest BCUT2D eigenvalue weighted by Gasteiger charge is 2.46. The highest BCUT2D eigenvalue weighted by molar-refractivity contribution is 7.01. The number of nitrogens with zero attached hydrogens (tertiary/aromatic N) is 3. The van der Waals surface area contributed by atoms with Gasteiger partial charge < -0.3 is 14.7 Å². The van der Waals surface area contributed by atoms with Crippen molar-refractivity contribution in [2.45, 2.75) is 72.0 Å². The number of rotatable bonds is 10. The maximum Gasteiger partial charge on any atom is 0.252 e. The van der Waals surface area contributed by atoms with E-state index in [0.29, 0.717) is 0 Å². The Morgan fingerprint density at radius 2 is 0.707 bits per heavy atom. The molecule has 2 aliphatic rings. The average molecular weight is 1080 g/mol. The molecule has 0 bridgehead atoms. The Balaban J connectivity index is 1.20. The molecule has 2 heterocycles. The first-order valence-electron chi connectivity index (χ1n) is 29.1. The largest absolute Gasteiger partial charge is 0.310 e. The Kier molecular flexibility index (Phi) is 13.2. The normalized spacial score (nSPS) is 12.9. The minimum absolute atomic E-state index is 0.112. The summed E-state index contributed by atoms with van der Waals surface area (Å²) in [5, 5.41) is 1.44. The number of anilines is 9. The van der Waals surface area contributed by atoms with Crippen molar-refractivity contribution in [3.63, 3.8) is 0 Å². The topological polar surface area (TPSA) is 9.72 Å². The number of hydrogen-bond acceptors (Lipinski definition) is 3. The summed E-state index contributed by atoms with van der Waals surface area (Å²) in [5.74, 6) is 0. The first kappa shape index (κ1) is 52.5. The lowest BCUT2D eigenvalue weighted by Crippen LogP contribution is -2.62. The fourth-order valence-corrected chi connectivity index (χ4v) is 13.8. The molecule has 0 unspecified atom stereocenters. The van der Waals surface area contributed by atoms with Gasteiger partial charge in [-0.3, -0.25) is 0 Å². The molecule has 82 heavy (non-hydrogen) atoms. The maximum absolute atomic E-state index is 2.67. The number of fused-ring (bicyclic) bond motifs is 4. The van der Waals surface area contributed by atoms with E-state index >= 15 is 0 Å². The third-order valence-corrected chi connectivity index (χ3v) is 18.9. The summed E-state index contributed by atoms with van der Waals surface area (Å²) >= 11 is 0. The van der Waals surface area contributed by atoms with Crippen LogP contribution in [0.1, 0.15) is 52.7 Å². The highest BCUT2D eigenvalue weighted by Crippen LogP contribution is 2.54. The van der Waals surface area contributed by atoms with E-state index < -0.39 is 8.07 Å². The van der Waals surface area contributed by atoms with Crippen LogP contribution in [0.2, 0.25) is 19.6 Å². The van der Waals surface area contributed by atoms with Crippen LogP contribution in [-0.4, -0.2) is 14.8 Å². The molecule has 0 atom stereocenters. The van der Waals surface area contributed by atoms with E-state index in [1.165, 1.54) is 100.0 Å². The lowest BCUT2D eigenvalue weighted by atomic mass is 9.33. The summed E-state index contributed by atoms with van der Waals surface area (Å²) in [4.78, 5) is 7.75. The maximum atomic E-state index is 2.67. The van der Waals surface area contributed by atoms with Crippen molar-refractivity contribution in [1.29, 1.82) is 0 Å². The van der Waals surface area contributed by atoms with Crippen LogP contribution in [0.25, 0.3) is 44.5 Å². The van der Waals surface area contributed by atoms with E-state index in [4.69, 9.17) is 0 Å². The number of hydrogen-bond donors (Lipinski definition) is 0. The standard InChI is InChI=1S/C77H70BN3Si/c1-76(2,3)57-47-63(53-29-16-10-17-30-53)74(64(48-57)54-31-18-11-19-32-54)80-69-46-44-62(82(7,8)9)52-68(69)78-67-45-43-61(79(59-37-24-14-25-38-59)60-39-26-15-27-40-60)51-72(67)81(71-42-28-41-70(80)73(71)78)75-65(55-33-20-12-21-34-55)49-58(77(4,5)6)50-66(75)56-35-22-13-23-36-56/h10-52H,1-9H3. The monoisotopic (exact) mass is 1080 g/mol. The molecule has 400 valence electrons. The van der Waals surface area contributed by atoms with Crippen LogP contribution in [0, 0.1) is 0 Å². The van der Waals surface area contributed by atoms with Crippen molar-refractivity contribution >= 4 is 87.5 Å². The molecule has 0 spiro atoms. The summed E-state index contributed by atoms with van der Waals surface area (Å²) in [6.07, 6.45) is 0. The van der Waals surface area contributed by atoms with Gasteiger partial charge in [-0.25, -0.2) is 0 Å². The Morgan fingerprint density at radius 3 is 1.09 bits per heavy atom. The van der Waals surface area contributed by atoms with Crippen molar-refractivity contribution < 1.29 is 0 Å². The van der Waals surface area contributed by atoms with Gasteiger partial charge in [0.1, 0.15) is 0 Å². The first-order valence-corrected chi connectivity index (χ1v) is 32.6. The van der Waals surface area contributed by atoms with Crippen LogP contribution in [0.5, 0.6) is 0 Å². The number of para-hydroxylation sites is 2. The van der Waals surface area contributed by atoms with Crippen molar-refractivity contribution in [1.82, 2.24) is 0 Å². The van der Waals surface area contributed by atoms with Crippen LogP contribution >= 0.6 is 0 Å². The van der Waals surface area contributed by atoms with Crippen LogP contribution in [0.3, 0.4) is 0 Å². The lowest BCUT2D eigenvalue weighted by Gasteiger charge is -2.46. The summed E-state index contributed by atoms with van der Waals surface area (Å²) < 4.78 is 0. The van der Waals surface area contributed by atoms with Crippen LogP contribution in [-0.2, 0) is 10.8 Å². The zero-order chi connectivity index (χ0) is 56.5. The van der Waals surface area contributed by atoms with E-state index in [2.05, 4.69) is 337 Å². The minimum Gasteiger partial charge on any atom is -0.310 e. The molecule has 11 aromatic rings. The van der Waals surface area contributed by atoms with E-state index in [1.807, 2.05) is 0 Å². The highest BCUT2D eigenvalue weighted by atomic mass is 28.3. The van der Waals surface area contributed by atoms with Gasteiger partial charge in [-0.15, -0.1) is 0 Å². The van der Waals surface area contributed by atoms with E-state index in [9.17, 15) is 0 Å². The zero-order valence-corrected chi connectivity index (χ0v) is 49.7. The molecule has 5 heteroatoms. The molecule has 2 aliphatic heterocycles. The SMILES string of the molecule is CC(C)(C)c1cc(-c2ccccc2)c(N2c3ccc([Si](C)(C)C)cc3B3c4ccc(N(c5ccccc5)c5ccccc5)cc4N(c4c(-c5ccccc5)cc(C(C)(C)C)cc4-c4ccccc4)c4cccc2c43)c(-c2ccccc2)c1. The molecule has 0 N–H and O–H groups in total. The van der Waals surface area contributed by atoms with Crippen molar-refractivity contribution in [3.05, 3.63) is 272 Å². The molecule has 0 saturated carbocycles. The molecular formula is C77H70BN3Si. The molecule has 0 aromatic heterocycles. The minimum atomic E-state index is -1.88. The summed E-state index contributed by atoms with van der Waals surface area (Å²) in [7, 11) is -1.88. The van der Waals surface area contributed by atoms with Crippen molar-refractivity contribution in [2.24, 2.45) is 0 Å². The third kappa shape index (κ3) is 9.37. The molecule has 11 aromatic carbocycles. The van der Waals surface area contributed by atoms with Gasteiger partial charge in [0.05, 0.1) is 19.4 Å². The predicted octanol–water partition coefficient (Wildman–Crippen LogP) is 19.0. The molecule has 0 fully saturated rings. The second kappa shape index (κ2) is 20.6. The fourth-order valence-electron chi connectivity index (χ4n) is 12.6. The van der Waals surface area contributed by atoms with Gasteiger partial charge >= 0.3 is 0 Å². The van der Waals surface area contributed by atoms with Crippen LogP contribution < -0.4 is 36.3 Å². The second-order valence-electron chi connectivity index (χ2n) is 25.4. The van der Waals surface area contributed by atoms with Crippen molar-refractivity contribution in [2.75, 3.05) is 14.7 Å². The van der Waals surface area contributed by atoms with Gasteiger partial charge in [0.15, 0.2) is 0 Å². The Labute approximate surface area is 487 Å². The van der Waals surface area contributed by atoms with Crippen LogP contribution in [0.15, 0.2) is 261 Å². The van der Waals surface area contributed by atoms with Crippen molar-refractivity contribution in [3.8, 4) is 44.5 Å². The molecule has 0 saturated heterocycles. The Morgan fingerprint density at radius 1 is 0.329 bits per heavy atom. The molecule has 0 amide bonds. The quantitative estimate of drug-likeness (QED) is 0.126. The Hall–Kier alpha value is -8.90. The van der Waals surface area contributed by atoms with Gasteiger partial charge in [-0.2, -0.15) is 0 Å².